The number of aryl methyl sites for hydroxylation is 4. The van der Waals surface area contributed by atoms with Crippen LogP contribution < -0.4 is 4.90 Å². The topological polar surface area (TPSA) is 45.8 Å². The zero-order valence-corrected chi connectivity index (χ0v) is 23.1. The molecule has 0 saturated carbocycles. The van der Waals surface area contributed by atoms with Crippen LogP contribution in [-0.2, 0) is 4.79 Å². The van der Waals surface area contributed by atoms with Crippen LogP contribution in [0.25, 0.3) is 17.4 Å². The van der Waals surface area contributed by atoms with Crippen molar-refractivity contribution < 1.29 is 9.21 Å². The number of halogens is 2. The van der Waals surface area contributed by atoms with E-state index in [0.717, 1.165) is 33.6 Å². The first-order valence-electron chi connectivity index (χ1n) is 11.7. The van der Waals surface area contributed by atoms with Gasteiger partial charge in [-0.1, -0.05) is 35.3 Å². The number of thioether (sulfide) groups is 1. The maximum absolute atomic E-state index is 13.7. The van der Waals surface area contributed by atoms with Crippen LogP contribution in [0.4, 0.5) is 11.4 Å². The Morgan fingerprint density at radius 3 is 2.24 bits per heavy atom. The van der Waals surface area contributed by atoms with Crippen LogP contribution in [0.1, 0.15) is 28.0 Å². The van der Waals surface area contributed by atoms with Gasteiger partial charge in [-0.2, -0.15) is 0 Å². The number of hydrogen-bond acceptors (Lipinski definition) is 4. The lowest BCUT2D eigenvalue weighted by Crippen LogP contribution is -2.28. The molecular weight excluding hydrogens is 523 g/mol. The lowest BCUT2D eigenvalue weighted by atomic mass is 10.1. The van der Waals surface area contributed by atoms with Crippen molar-refractivity contribution in [2.45, 2.75) is 27.7 Å². The molecule has 4 nitrogen and oxygen atoms in total. The molecule has 1 amide bonds. The Labute approximate surface area is 230 Å². The minimum atomic E-state index is -0.150. The molecular formula is C30H24Cl2N2O2S. The number of hydrogen-bond donors (Lipinski definition) is 0. The van der Waals surface area contributed by atoms with Gasteiger partial charge in [-0.05, 0) is 116 Å². The third kappa shape index (κ3) is 5.26. The van der Waals surface area contributed by atoms with Crippen LogP contribution in [0, 0.1) is 27.7 Å². The first-order valence-corrected chi connectivity index (χ1v) is 13.3. The Balaban J connectivity index is 1.53. The number of nitrogens with zero attached hydrogens (tertiary/aromatic N) is 2. The minimum Gasteiger partial charge on any atom is -0.457 e. The monoisotopic (exact) mass is 546 g/mol. The van der Waals surface area contributed by atoms with Crippen molar-refractivity contribution in [1.29, 1.82) is 0 Å². The number of amidine groups is 1. The van der Waals surface area contributed by atoms with Crippen molar-refractivity contribution in [2.75, 3.05) is 4.90 Å². The zero-order chi connectivity index (χ0) is 26.3. The molecule has 4 aromatic rings. The molecule has 186 valence electrons. The Morgan fingerprint density at radius 1 is 0.811 bits per heavy atom. The quantitative estimate of drug-likeness (QED) is 0.239. The van der Waals surface area contributed by atoms with E-state index < -0.39 is 0 Å². The predicted molar refractivity (Wildman–Crippen MR) is 156 cm³/mol. The molecule has 0 spiro atoms. The van der Waals surface area contributed by atoms with E-state index in [0.29, 0.717) is 31.6 Å². The first kappa shape index (κ1) is 25.4. The summed E-state index contributed by atoms with van der Waals surface area (Å²) >= 11 is 13.5. The van der Waals surface area contributed by atoms with Crippen LogP contribution >= 0.6 is 35.0 Å². The SMILES string of the molecule is Cc1ccc(N=C2S/C(=C\c3ccc(-c4ccc(Cl)c(Cl)c4)o3)C(=O)N2c2ccc(C)c(C)c2)cc1C. The van der Waals surface area contributed by atoms with Gasteiger partial charge in [0.1, 0.15) is 11.5 Å². The molecule has 0 radical (unpaired) electrons. The summed E-state index contributed by atoms with van der Waals surface area (Å²) in [5.74, 6) is 1.05. The number of benzene rings is 3. The van der Waals surface area contributed by atoms with Crippen molar-refractivity contribution in [3.63, 3.8) is 0 Å². The van der Waals surface area contributed by atoms with E-state index in [4.69, 9.17) is 32.6 Å². The van der Waals surface area contributed by atoms with Gasteiger partial charge in [-0.3, -0.25) is 9.69 Å². The molecule has 3 aromatic carbocycles. The summed E-state index contributed by atoms with van der Waals surface area (Å²) in [6.45, 7) is 8.22. The summed E-state index contributed by atoms with van der Waals surface area (Å²) in [6.07, 6.45) is 1.75. The maximum atomic E-state index is 13.7. The highest BCUT2D eigenvalue weighted by Gasteiger charge is 2.35. The molecule has 0 N–H and O–H groups in total. The van der Waals surface area contributed by atoms with Crippen molar-refractivity contribution >= 4 is 63.5 Å². The van der Waals surface area contributed by atoms with Crippen LogP contribution in [0.5, 0.6) is 0 Å². The molecule has 0 bridgehead atoms. The molecule has 0 aliphatic carbocycles. The average molecular weight is 548 g/mol. The molecule has 1 fully saturated rings. The van der Waals surface area contributed by atoms with Crippen LogP contribution in [0.3, 0.4) is 0 Å². The smallest absolute Gasteiger partial charge is 0.271 e. The number of furan rings is 1. The van der Waals surface area contributed by atoms with E-state index in [1.54, 1.807) is 23.1 Å². The first-order chi connectivity index (χ1) is 17.7. The highest BCUT2D eigenvalue weighted by Crippen LogP contribution is 2.39. The Kier molecular flexibility index (Phi) is 7.04. The molecule has 37 heavy (non-hydrogen) atoms. The van der Waals surface area contributed by atoms with E-state index in [-0.39, 0.29) is 5.91 Å². The molecule has 1 aliphatic rings. The number of rotatable bonds is 4. The fraction of sp³-hybridized carbons (Fsp3) is 0.133. The number of amides is 1. The fourth-order valence-electron chi connectivity index (χ4n) is 3.91. The van der Waals surface area contributed by atoms with E-state index in [1.165, 1.54) is 17.3 Å². The lowest BCUT2D eigenvalue weighted by Gasteiger charge is -2.17. The Hall–Kier alpha value is -3.25. The van der Waals surface area contributed by atoms with E-state index in [9.17, 15) is 4.79 Å². The van der Waals surface area contributed by atoms with Gasteiger partial charge in [0.2, 0.25) is 0 Å². The zero-order valence-electron chi connectivity index (χ0n) is 20.8. The van der Waals surface area contributed by atoms with Gasteiger partial charge in [-0.25, -0.2) is 4.99 Å². The predicted octanol–water partition coefficient (Wildman–Crippen LogP) is 9.30. The number of carbonyl (C=O) groups is 1. The second-order valence-electron chi connectivity index (χ2n) is 9.01. The molecule has 0 unspecified atom stereocenters. The van der Waals surface area contributed by atoms with Crippen LogP contribution in [0.15, 0.2) is 81.0 Å². The third-order valence-corrected chi connectivity index (χ3v) is 8.08. The van der Waals surface area contributed by atoms with E-state index in [2.05, 4.69) is 20.8 Å². The summed E-state index contributed by atoms with van der Waals surface area (Å²) in [7, 11) is 0. The van der Waals surface area contributed by atoms with E-state index in [1.807, 2.05) is 61.5 Å². The van der Waals surface area contributed by atoms with Crippen molar-refractivity contribution in [3.05, 3.63) is 110 Å². The summed E-state index contributed by atoms with van der Waals surface area (Å²) < 4.78 is 6.03. The van der Waals surface area contributed by atoms with Crippen LogP contribution in [-0.4, -0.2) is 11.1 Å². The normalized spacial score (nSPS) is 15.8. The van der Waals surface area contributed by atoms with Crippen molar-refractivity contribution in [2.24, 2.45) is 4.99 Å². The largest absolute Gasteiger partial charge is 0.457 e. The number of aliphatic imine (C=N–C) groups is 1. The van der Waals surface area contributed by atoms with Gasteiger partial charge in [0.15, 0.2) is 5.17 Å². The minimum absolute atomic E-state index is 0.150. The van der Waals surface area contributed by atoms with Crippen molar-refractivity contribution in [1.82, 2.24) is 0 Å². The number of carbonyl (C=O) groups excluding carboxylic acids is 1. The van der Waals surface area contributed by atoms with Gasteiger partial charge in [0.25, 0.3) is 5.91 Å². The Morgan fingerprint density at radius 2 is 1.54 bits per heavy atom. The molecule has 2 heterocycles. The second-order valence-corrected chi connectivity index (χ2v) is 10.8. The highest BCUT2D eigenvalue weighted by molar-refractivity contribution is 8.19. The Bertz CT molecular complexity index is 1600. The molecule has 1 aliphatic heterocycles. The van der Waals surface area contributed by atoms with Crippen molar-refractivity contribution in [3.8, 4) is 11.3 Å². The van der Waals surface area contributed by atoms with Gasteiger partial charge >= 0.3 is 0 Å². The average Bonchev–Trinajstić information content (AvgIpc) is 3.45. The fourth-order valence-corrected chi connectivity index (χ4v) is 5.19. The maximum Gasteiger partial charge on any atom is 0.271 e. The molecule has 5 rings (SSSR count). The second kappa shape index (κ2) is 10.3. The highest BCUT2D eigenvalue weighted by atomic mass is 35.5. The van der Waals surface area contributed by atoms with Gasteiger partial charge < -0.3 is 4.42 Å². The van der Waals surface area contributed by atoms with E-state index >= 15 is 0 Å². The summed E-state index contributed by atoms with van der Waals surface area (Å²) in [6, 6.07) is 21.0. The molecule has 0 atom stereocenters. The van der Waals surface area contributed by atoms with Gasteiger partial charge in [-0.15, -0.1) is 0 Å². The van der Waals surface area contributed by atoms with Crippen LogP contribution in [0.2, 0.25) is 10.0 Å². The summed E-state index contributed by atoms with van der Waals surface area (Å²) in [5.41, 5.74) is 7.00. The van der Waals surface area contributed by atoms with Gasteiger partial charge in [0, 0.05) is 11.6 Å². The standard InChI is InChI=1S/C30H24Cl2N2O2S/c1-17-5-8-22(13-19(17)3)33-30-34(23-9-6-18(2)20(4)14-23)29(35)28(37-30)16-24-10-12-27(36-24)21-7-11-25(31)26(32)15-21/h5-16H,1-4H3/b28-16-,33-30?. The molecule has 7 heteroatoms. The number of anilines is 1. The third-order valence-electron chi connectivity index (χ3n) is 6.37. The molecule has 1 saturated heterocycles. The van der Waals surface area contributed by atoms with Gasteiger partial charge in [0.05, 0.1) is 26.3 Å². The lowest BCUT2D eigenvalue weighted by molar-refractivity contribution is -0.113. The summed E-state index contributed by atoms with van der Waals surface area (Å²) in [4.78, 5) is 20.7. The summed E-state index contributed by atoms with van der Waals surface area (Å²) in [5, 5.41) is 1.53. The molecule has 1 aromatic heterocycles.